The maximum Gasteiger partial charge on any atom is 0.269 e. The monoisotopic (exact) mass is 416 g/mol. The summed E-state index contributed by atoms with van der Waals surface area (Å²) in [4.78, 5) is 31.7. The van der Waals surface area contributed by atoms with Gasteiger partial charge in [0.25, 0.3) is 5.69 Å². The van der Waals surface area contributed by atoms with Gasteiger partial charge in [0.15, 0.2) is 5.13 Å². The van der Waals surface area contributed by atoms with E-state index in [0.717, 1.165) is 5.56 Å². The molecule has 2 heterocycles. The predicted octanol–water partition coefficient (Wildman–Crippen LogP) is 3.35. The Bertz CT molecular complexity index is 873. The molecule has 0 saturated carbocycles. The van der Waals surface area contributed by atoms with Crippen molar-refractivity contribution in [1.29, 1.82) is 0 Å². The van der Waals surface area contributed by atoms with Crippen molar-refractivity contribution >= 4 is 28.1 Å². The standard InChI is InChI=1S/C20H24N4O4S/c1-4-9-23(19(25)12-22-10-14(2)28-15(3)11-22)20-21-18(13-29-20)16-5-7-17(8-6-16)24(26)27/h4-8,13-15H,1,9-12H2,2-3H3/t14-,15-/m1/s1. The highest BCUT2D eigenvalue weighted by Crippen LogP contribution is 2.29. The Balaban J connectivity index is 1.74. The Kier molecular flexibility index (Phi) is 6.73. The lowest BCUT2D eigenvalue weighted by molar-refractivity contribution is -0.384. The molecular weight excluding hydrogens is 392 g/mol. The molecule has 1 fully saturated rings. The van der Waals surface area contributed by atoms with Crippen LogP contribution in [0.1, 0.15) is 13.8 Å². The molecule has 0 aliphatic carbocycles. The smallest absolute Gasteiger partial charge is 0.269 e. The zero-order valence-electron chi connectivity index (χ0n) is 16.5. The first-order valence-corrected chi connectivity index (χ1v) is 10.2. The highest BCUT2D eigenvalue weighted by atomic mass is 32.1. The number of nitro benzene ring substituents is 1. The third-order valence-corrected chi connectivity index (χ3v) is 5.43. The normalized spacial score (nSPS) is 19.7. The first-order valence-electron chi connectivity index (χ1n) is 9.36. The summed E-state index contributed by atoms with van der Waals surface area (Å²) in [6.07, 6.45) is 1.86. The van der Waals surface area contributed by atoms with Crippen molar-refractivity contribution < 1.29 is 14.5 Å². The average molecular weight is 417 g/mol. The number of carbonyl (C=O) groups is 1. The molecular formula is C20H24N4O4S. The van der Waals surface area contributed by atoms with Crippen molar-refractivity contribution in [3.63, 3.8) is 0 Å². The minimum Gasteiger partial charge on any atom is -0.373 e. The van der Waals surface area contributed by atoms with Crippen LogP contribution in [0.25, 0.3) is 11.3 Å². The minimum atomic E-state index is -0.436. The van der Waals surface area contributed by atoms with E-state index < -0.39 is 4.92 Å². The van der Waals surface area contributed by atoms with Crippen LogP contribution in [0.3, 0.4) is 0 Å². The van der Waals surface area contributed by atoms with Gasteiger partial charge in [0.05, 0.1) is 29.4 Å². The van der Waals surface area contributed by atoms with Gasteiger partial charge in [-0.25, -0.2) is 4.98 Å². The molecule has 1 aliphatic heterocycles. The lowest BCUT2D eigenvalue weighted by Crippen LogP contribution is -2.50. The first-order chi connectivity index (χ1) is 13.9. The van der Waals surface area contributed by atoms with Gasteiger partial charge >= 0.3 is 0 Å². The maximum absolute atomic E-state index is 13.0. The van der Waals surface area contributed by atoms with E-state index in [9.17, 15) is 14.9 Å². The number of amides is 1. The maximum atomic E-state index is 13.0. The van der Waals surface area contributed by atoms with E-state index in [1.54, 1.807) is 23.1 Å². The number of thiazole rings is 1. The molecule has 29 heavy (non-hydrogen) atoms. The average Bonchev–Trinajstić information content (AvgIpc) is 3.15. The third kappa shape index (κ3) is 5.26. The lowest BCUT2D eigenvalue weighted by atomic mass is 10.1. The van der Waals surface area contributed by atoms with Gasteiger partial charge in [-0.1, -0.05) is 6.08 Å². The number of non-ortho nitro benzene ring substituents is 1. The number of morpholine rings is 1. The van der Waals surface area contributed by atoms with Gasteiger partial charge in [-0.2, -0.15) is 0 Å². The summed E-state index contributed by atoms with van der Waals surface area (Å²) in [5.74, 6) is -0.0456. The Labute approximate surface area is 173 Å². The first kappa shape index (κ1) is 21.1. The van der Waals surface area contributed by atoms with Crippen molar-refractivity contribution in [2.45, 2.75) is 26.1 Å². The molecule has 0 bridgehead atoms. The molecule has 8 nitrogen and oxygen atoms in total. The molecule has 1 aliphatic rings. The number of carbonyl (C=O) groups excluding carboxylic acids is 1. The number of ether oxygens (including phenoxy) is 1. The van der Waals surface area contributed by atoms with Crippen molar-refractivity contribution in [3.8, 4) is 11.3 Å². The second-order valence-corrected chi connectivity index (χ2v) is 7.90. The fourth-order valence-corrected chi connectivity index (χ4v) is 4.24. The van der Waals surface area contributed by atoms with Crippen molar-refractivity contribution in [1.82, 2.24) is 9.88 Å². The van der Waals surface area contributed by atoms with Crippen LogP contribution in [0.15, 0.2) is 42.3 Å². The molecule has 0 unspecified atom stereocenters. The molecule has 9 heteroatoms. The van der Waals surface area contributed by atoms with Gasteiger partial charge < -0.3 is 4.74 Å². The number of nitro groups is 1. The number of aromatic nitrogens is 1. The Hall–Kier alpha value is -2.62. The number of hydrogen-bond acceptors (Lipinski definition) is 7. The van der Waals surface area contributed by atoms with Crippen LogP contribution in [0.5, 0.6) is 0 Å². The van der Waals surface area contributed by atoms with Gasteiger partial charge in [0, 0.05) is 42.7 Å². The van der Waals surface area contributed by atoms with E-state index >= 15 is 0 Å². The van der Waals surface area contributed by atoms with E-state index in [1.807, 2.05) is 19.2 Å². The van der Waals surface area contributed by atoms with Crippen molar-refractivity contribution in [2.75, 3.05) is 31.1 Å². The molecule has 3 rings (SSSR count). The van der Waals surface area contributed by atoms with E-state index in [0.29, 0.717) is 37.0 Å². The largest absolute Gasteiger partial charge is 0.373 e. The second-order valence-electron chi connectivity index (χ2n) is 7.06. The van der Waals surface area contributed by atoms with Crippen LogP contribution >= 0.6 is 11.3 Å². The minimum absolute atomic E-state index is 0.0293. The fourth-order valence-electron chi connectivity index (χ4n) is 3.38. The Morgan fingerprint density at radius 2 is 2.03 bits per heavy atom. The molecule has 1 saturated heterocycles. The van der Waals surface area contributed by atoms with Gasteiger partial charge in [-0.05, 0) is 26.0 Å². The van der Waals surface area contributed by atoms with Gasteiger partial charge in [-0.3, -0.25) is 24.7 Å². The molecule has 2 aromatic rings. The quantitative estimate of drug-likeness (QED) is 0.391. The van der Waals surface area contributed by atoms with Crippen molar-refractivity contribution in [3.05, 3.63) is 52.4 Å². The van der Waals surface area contributed by atoms with Gasteiger partial charge in [-0.15, -0.1) is 17.9 Å². The molecule has 1 aromatic heterocycles. The number of hydrogen-bond donors (Lipinski definition) is 0. The van der Waals surface area contributed by atoms with Crippen LogP contribution in [0.4, 0.5) is 10.8 Å². The van der Waals surface area contributed by atoms with Crippen LogP contribution in [-0.2, 0) is 9.53 Å². The fraction of sp³-hybridized carbons (Fsp3) is 0.400. The summed E-state index contributed by atoms with van der Waals surface area (Å²) >= 11 is 1.36. The number of nitrogens with zero attached hydrogens (tertiary/aromatic N) is 4. The molecule has 1 amide bonds. The summed E-state index contributed by atoms with van der Waals surface area (Å²) in [7, 11) is 0. The highest BCUT2D eigenvalue weighted by molar-refractivity contribution is 7.14. The van der Waals surface area contributed by atoms with Gasteiger partial charge in [0.2, 0.25) is 5.91 Å². The van der Waals surface area contributed by atoms with Crippen LogP contribution in [-0.4, -0.2) is 59.1 Å². The Morgan fingerprint density at radius 1 is 1.38 bits per heavy atom. The number of anilines is 1. The summed E-state index contributed by atoms with van der Waals surface area (Å²) in [5.41, 5.74) is 1.47. The van der Waals surface area contributed by atoms with Crippen LogP contribution in [0.2, 0.25) is 0 Å². The summed E-state index contributed by atoms with van der Waals surface area (Å²) in [6.45, 7) is 9.84. The molecule has 2 atom stereocenters. The zero-order valence-corrected chi connectivity index (χ0v) is 17.3. The molecule has 0 radical (unpaired) electrons. The summed E-state index contributed by atoms with van der Waals surface area (Å²) in [5, 5.41) is 13.2. The molecule has 1 aromatic carbocycles. The SMILES string of the molecule is C=CCN(C(=O)CN1C[C@@H](C)O[C@H](C)C1)c1nc(-c2ccc([N+](=O)[O-])cc2)cs1. The van der Waals surface area contributed by atoms with E-state index in [-0.39, 0.29) is 23.8 Å². The van der Waals surface area contributed by atoms with Gasteiger partial charge in [0.1, 0.15) is 0 Å². The molecule has 0 N–H and O–H groups in total. The summed E-state index contributed by atoms with van der Waals surface area (Å²) < 4.78 is 5.73. The van der Waals surface area contributed by atoms with E-state index in [4.69, 9.17) is 4.74 Å². The third-order valence-electron chi connectivity index (χ3n) is 4.56. The Morgan fingerprint density at radius 3 is 2.62 bits per heavy atom. The summed E-state index contributed by atoms with van der Waals surface area (Å²) in [6, 6.07) is 6.21. The number of benzene rings is 1. The van der Waals surface area contributed by atoms with E-state index in [1.165, 1.54) is 23.5 Å². The van der Waals surface area contributed by atoms with Crippen molar-refractivity contribution in [2.24, 2.45) is 0 Å². The lowest BCUT2D eigenvalue weighted by Gasteiger charge is -2.35. The topological polar surface area (TPSA) is 88.8 Å². The van der Waals surface area contributed by atoms with Crippen LogP contribution < -0.4 is 4.90 Å². The zero-order chi connectivity index (χ0) is 21.0. The second kappa shape index (κ2) is 9.25. The highest BCUT2D eigenvalue weighted by Gasteiger charge is 2.26. The van der Waals surface area contributed by atoms with E-state index in [2.05, 4.69) is 16.5 Å². The molecule has 0 spiro atoms. The predicted molar refractivity (Wildman–Crippen MR) is 113 cm³/mol. The van der Waals surface area contributed by atoms with Crippen LogP contribution in [0, 0.1) is 10.1 Å². The molecule has 154 valence electrons. The number of rotatable bonds is 7.